The van der Waals surface area contributed by atoms with Crippen LogP contribution in [0.2, 0.25) is 0 Å². The highest BCUT2D eigenvalue weighted by atomic mass is 32.2. The summed E-state index contributed by atoms with van der Waals surface area (Å²) >= 11 is 1.07. The lowest BCUT2D eigenvalue weighted by molar-refractivity contribution is -0.140. The van der Waals surface area contributed by atoms with Gasteiger partial charge in [-0.15, -0.1) is 11.8 Å². The Bertz CT molecular complexity index is 399. The Balaban J connectivity index is 3.01. The molecule has 0 heterocycles. The molecule has 0 aliphatic heterocycles. The van der Waals surface area contributed by atoms with Crippen LogP contribution in [0.3, 0.4) is 0 Å². The second-order valence-electron chi connectivity index (χ2n) is 4.75. The van der Waals surface area contributed by atoms with Gasteiger partial charge in [-0.05, 0) is 18.6 Å². The third-order valence-electron chi connectivity index (χ3n) is 3.29. The molecule has 5 nitrogen and oxygen atoms in total. The highest BCUT2D eigenvalue weighted by Gasteiger charge is 2.65. The van der Waals surface area contributed by atoms with Gasteiger partial charge in [0.1, 0.15) is 10.7 Å². The summed E-state index contributed by atoms with van der Waals surface area (Å²) < 4.78 is 4.83. The summed E-state index contributed by atoms with van der Waals surface area (Å²) in [5.74, 6) is -2.91. The van der Waals surface area contributed by atoms with Gasteiger partial charge in [0.05, 0.1) is 12.5 Å². The number of rotatable bonds is 5. The first-order valence-electron chi connectivity index (χ1n) is 5.66. The summed E-state index contributed by atoms with van der Waals surface area (Å²) in [5, 5.41) is 19.1. The standard InChI is InChI=1S/C12H18O5S/c1-5-17-11(16)9(18-4)8(13)6-7(10(14)15)12(6,2)3/h6-7,13H,5H2,1-4H3,(H,14,15). The van der Waals surface area contributed by atoms with E-state index in [4.69, 9.17) is 9.84 Å². The Hall–Kier alpha value is -1.17. The van der Waals surface area contributed by atoms with E-state index >= 15 is 0 Å². The van der Waals surface area contributed by atoms with Gasteiger partial charge in [0.15, 0.2) is 0 Å². The summed E-state index contributed by atoms with van der Waals surface area (Å²) in [6.45, 7) is 5.41. The topological polar surface area (TPSA) is 83.8 Å². The van der Waals surface area contributed by atoms with Crippen LogP contribution in [-0.2, 0) is 14.3 Å². The van der Waals surface area contributed by atoms with Crippen LogP contribution in [-0.4, -0.2) is 35.0 Å². The average molecular weight is 274 g/mol. The molecule has 0 bridgehead atoms. The summed E-state index contributed by atoms with van der Waals surface area (Å²) in [4.78, 5) is 22.8. The zero-order valence-electron chi connectivity index (χ0n) is 10.9. The van der Waals surface area contributed by atoms with Crippen LogP contribution in [0, 0.1) is 17.3 Å². The second-order valence-corrected chi connectivity index (χ2v) is 5.57. The lowest BCUT2D eigenvalue weighted by Gasteiger charge is -2.08. The van der Waals surface area contributed by atoms with Crippen LogP contribution >= 0.6 is 11.8 Å². The zero-order chi connectivity index (χ0) is 14.1. The van der Waals surface area contributed by atoms with Crippen molar-refractivity contribution in [1.29, 1.82) is 0 Å². The molecule has 1 rings (SSSR count). The highest BCUT2D eigenvalue weighted by Crippen LogP contribution is 2.62. The minimum atomic E-state index is -0.958. The van der Waals surface area contributed by atoms with Crippen LogP contribution in [0.5, 0.6) is 0 Å². The number of carboxylic acid groups (broad SMARTS) is 1. The third kappa shape index (κ3) is 2.48. The van der Waals surface area contributed by atoms with Crippen LogP contribution < -0.4 is 0 Å². The van der Waals surface area contributed by atoms with Crippen LogP contribution in [0.25, 0.3) is 0 Å². The normalized spacial score (nSPS) is 26.2. The van der Waals surface area contributed by atoms with Crippen molar-refractivity contribution in [2.75, 3.05) is 12.9 Å². The van der Waals surface area contributed by atoms with Crippen LogP contribution in [0.15, 0.2) is 10.7 Å². The Morgan fingerprint density at radius 2 is 1.83 bits per heavy atom. The Labute approximate surface area is 110 Å². The van der Waals surface area contributed by atoms with E-state index in [0.29, 0.717) is 0 Å². The number of carbonyl (C=O) groups excluding carboxylic acids is 1. The number of carbonyl (C=O) groups is 2. The number of aliphatic hydroxyl groups is 1. The molecule has 0 aromatic rings. The largest absolute Gasteiger partial charge is 0.511 e. The quantitative estimate of drug-likeness (QED) is 0.453. The molecule has 0 aromatic carbocycles. The van der Waals surface area contributed by atoms with Crippen molar-refractivity contribution in [2.24, 2.45) is 17.3 Å². The third-order valence-corrected chi connectivity index (χ3v) is 4.07. The van der Waals surface area contributed by atoms with Crippen molar-refractivity contribution in [3.63, 3.8) is 0 Å². The summed E-state index contributed by atoms with van der Waals surface area (Å²) in [5.41, 5.74) is -0.538. The first-order chi connectivity index (χ1) is 8.28. The number of aliphatic hydroxyl groups excluding tert-OH is 1. The lowest BCUT2D eigenvalue weighted by atomic mass is 10.1. The predicted molar refractivity (Wildman–Crippen MR) is 68.2 cm³/mol. The van der Waals surface area contributed by atoms with E-state index in [2.05, 4.69) is 0 Å². The van der Waals surface area contributed by atoms with Gasteiger partial charge >= 0.3 is 11.9 Å². The summed E-state index contributed by atoms with van der Waals surface area (Å²) in [6, 6.07) is 0. The SMILES string of the molecule is CCOC(=O)C(SC)=C(O)C1C(C(=O)O)C1(C)C. The van der Waals surface area contributed by atoms with Gasteiger partial charge in [0.2, 0.25) is 0 Å². The minimum Gasteiger partial charge on any atom is -0.511 e. The fraction of sp³-hybridized carbons (Fsp3) is 0.667. The maximum absolute atomic E-state index is 11.6. The molecule has 2 atom stereocenters. The number of allylic oxidation sites excluding steroid dienone is 1. The molecular formula is C12H18O5S. The van der Waals surface area contributed by atoms with Gasteiger partial charge < -0.3 is 14.9 Å². The molecule has 0 aromatic heterocycles. The zero-order valence-corrected chi connectivity index (χ0v) is 11.7. The number of esters is 1. The van der Waals surface area contributed by atoms with Crippen molar-refractivity contribution >= 4 is 23.7 Å². The van der Waals surface area contributed by atoms with E-state index in [1.54, 1.807) is 27.0 Å². The average Bonchev–Trinajstić information content (AvgIpc) is 2.83. The van der Waals surface area contributed by atoms with Gasteiger partial charge in [-0.1, -0.05) is 13.8 Å². The molecule has 0 radical (unpaired) electrons. The first kappa shape index (κ1) is 14.9. The fourth-order valence-corrected chi connectivity index (χ4v) is 2.80. The molecule has 18 heavy (non-hydrogen) atoms. The molecule has 1 saturated carbocycles. The molecule has 0 spiro atoms. The van der Waals surface area contributed by atoms with E-state index < -0.39 is 29.2 Å². The summed E-state index contributed by atoms with van der Waals surface area (Å²) in [6.07, 6.45) is 1.65. The second kappa shape index (κ2) is 5.22. The molecule has 0 saturated heterocycles. The molecule has 1 aliphatic carbocycles. The fourth-order valence-electron chi connectivity index (χ4n) is 2.24. The number of hydrogen-bond donors (Lipinski definition) is 2. The van der Waals surface area contributed by atoms with Gasteiger partial charge in [-0.25, -0.2) is 4.79 Å². The summed E-state index contributed by atoms with van der Waals surface area (Å²) in [7, 11) is 0. The van der Waals surface area contributed by atoms with E-state index in [-0.39, 0.29) is 17.3 Å². The van der Waals surface area contributed by atoms with Crippen molar-refractivity contribution in [3.8, 4) is 0 Å². The minimum absolute atomic E-state index is 0.0960. The highest BCUT2D eigenvalue weighted by molar-refractivity contribution is 8.03. The van der Waals surface area contributed by atoms with Gasteiger partial charge in [-0.3, -0.25) is 4.79 Å². The van der Waals surface area contributed by atoms with Crippen molar-refractivity contribution in [1.82, 2.24) is 0 Å². The van der Waals surface area contributed by atoms with Crippen LogP contribution in [0.4, 0.5) is 0 Å². The number of carboxylic acids is 1. The number of ether oxygens (including phenoxy) is 1. The molecule has 1 aliphatic rings. The van der Waals surface area contributed by atoms with Crippen molar-refractivity contribution in [2.45, 2.75) is 20.8 Å². The molecular weight excluding hydrogens is 256 g/mol. The maximum Gasteiger partial charge on any atom is 0.348 e. The predicted octanol–water partition coefficient (Wildman–Crippen LogP) is 2.04. The Morgan fingerprint density at radius 3 is 2.17 bits per heavy atom. The van der Waals surface area contributed by atoms with E-state index in [1.807, 2.05) is 0 Å². The first-order valence-corrected chi connectivity index (χ1v) is 6.88. The number of thioether (sulfide) groups is 1. The number of aliphatic carboxylic acids is 1. The van der Waals surface area contributed by atoms with Gasteiger partial charge in [-0.2, -0.15) is 0 Å². The molecule has 1 fully saturated rings. The number of hydrogen-bond acceptors (Lipinski definition) is 5. The van der Waals surface area contributed by atoms with E-state index in [0.717, 1.165) is 11.8 Å². The van der Waals surface area contributed by atoms with Gasteiger partial charge in [0, 0.05) is 5.92 Å². The maximum atomic E-state index is 11.6. The van der Waals surface area contributed by atoms with E-state index in [1.165, 1.54) is 0 Å². The smallest absolute Gasteiger partial charge is 0.348 e. The molecule has 0 amide bonds. The molecule has 2 unspecified atom stereocenters. The Kier molecular flexibility index (Phi) is 4.32. The van der Waals surface area contributed by atoms with Gasteiger partial charge in [0.25, 0.3) is 0 Å². The van der Waals surface area contributed by atoms with Crippen molar-refractivity contribution < 1.29 is 24.5 Å². The van der Waals surface area contributed by atoms with Crippen LogP contribution in [0.1, 0.15) is 20.8 Å². The van der Waals surface area contributed by atoms with E-state index in [9.17, 15) is 14.7 Å². The molecule has 2 N–H and O–H groups in total. The molecule has 102 valence electrons. The molecule has 6 heteroatoms. The monoisotopic (exact) mass is 274 g/mol. The Morgan fingerprint density at radius 1 is 1.28 bits per heavy atom. The van der Waals surface area contributed by atoms with Crippen molar-refractivity contribution in [3.05, 3.63) is 10.7 Å². The lowest BCUT2D eigenvalue weighted by Crippen LogP contribution is -2.10.